The number of nitrogens with zero attached hydrogens (tertiary/aromatic N) is 4. The topological polar surface area (TPSA) is 81.9 Å². The van der Waals surface area contributed by atoms with E-state index in [1.54, 1.807) is 0 Å². The predicted octanol–water partition coefficient (Wildman–Crippen LogP) is 3.53. The van der Waals surface area contributed by atoms with E-state index in [0.29, 0.717) is 11.7 Å². The Kier molecular flexibility index (Phi) is 4.32. The average molecular weight is 365 g/mol. The van der Waals surface area contributed by atoms with Crippen molar-refractivity contribution in [3.8, 4) is 11.4 Å². The Labute approximate surface area is 153 Å². The van der Waals surface area contributed by atoms with Gasteiger partial charge in [-0.2, -0.15) is 9.90 Å². The summed E-state index contributed by atoms with van der Waals surface area (Å²) < 4.78 is 6.43. The summed E-state index contributed by atoms with van der Waals surface area (Å²) in [5.41, 5.74) is 1.82. The van der Waals surface area contributed by atoms with Crippen molar-refractivity contribution in [2.24, 2.45) is 0 Å². The Morgan fingerprint density at radius 1 is 1.23 bits per heavy atom. The molecule has 2 heterocycles. The first kappa shape index (κ1) is 16.2. The van der Waals surface area contributed by atoms with E-state index in [4.69, 9.17) is 4.74 Å². The zero-order valence-corrected chi connectivity index (χ0v) is 14.7. The quantitative estimate of drug-likeness (QED) is 0.585. The monoisotopic (exact) mass is 365 g/mol. The highest BCUT2D eigenvalue weighted by molar-refractivity contribution is 7.22. The van der Waals surface area contributed by atoms with Gasteiger partial charge in [-0.1, -0.05) is 29.5 Å². The van der Waals surface area contributed by atoms with Crippen LogP contribution in [0.4, 0.5) is 5.13 Å². The molecule has 8 heteroatoms. The Hall–Kier alpha value is -3.26. The predicted molar refractivity (Wildman–Crippen MR) is 100 cm³/mol. The molecule has 7 nitrogen and oxygen atoms in total. The fourth-order valence-electron chi connectivity index (χ4n) is 2.43. The summed E-state index contributed by atoms with van der Waals surface area (Å²) in [5.74, 6) is 0.434. The van der Waals surface area contributed by atoms with Crippen molar-refractivity contribution >= 4 is 32.6 Å². The van der Waals surface area contributed by atoms with Crippen molar-refractivity contribution in [3.05, 3.63) is 60.4 Å². The van der Waals surface area contributed by atoms with Gasteiger partial charge in [0.2, 0.25) is 0 Å². The molecule has 2 aromatic heterocycles. The number of carbonyl (C=O) groups excluding carboxylic acids is 1. The van der Waals surface area contributed by atoms with Crippen LogP contribution in [0.2, 0.25) is 0 Å². The van der Waals surface area contributed by atoms with Crippen molar-refractivity contribution in [2.45, 2.75) is 6.92 Å². The van der Waals surface area contributed by atoms with Gasteiger partial charge in [0, 0.05) is 0 Å². The number of rotatable bonds is 5. The lowest BCUT2D eigenvalue weighted by Gasteiger charge is -2.00. The van der Waals surface area contributed by atoms with Crippen LogP contribution in [-0.2, 0) is 0 Å². The second-order valence-corrected chi connectivity index (χ2v) is 6.42. The molecule has 0 aliphatic heterocycles. The van der Waals surface area contributed by atoms with Crippen LogP contribution in [0.1, 0.15) is 17.4 Å². The molecule has 4 aromatic rings. The summed E-state index contributed by atoms with van der Waals surface area (Å²) in [6, 6.07) is 15.1. The van der Waals surface area contributed by atoms with Crippen LogP contribution in [-0.4, -0.2) is 32.5 Å². The summed E-state index contributed by atoms with van der Waals surface area (Å²) in [6.45, 7) is 2.54. The minimum atomic E-state index is -0.351. The zero-order valence-electron chi connectivity index (χ0n) is 13.9. The molecule has 2 aromatic carbocycles. The summed E-state index contributed by atoms with van der Waals surface area (Å²) in [7, 11) is 0. The van der Waals surface area contributed by atoms with Gasteiger partial charge in [0.1, 0.15) is 5.75 Å². The fraction of sp³-hybridized carbons (Fsp3) is 0.111. The highest BCUT2D eigenvalue weighted by Gasteiger charge is 2.14. The number of ether oxygens (including phenoxy) is 1. The lowest BCUT2D eigenvalue weighted by atomic mass is 10.3. The Bertz CT molecular complexity index is 1060. The number of anilines is 1. The summed E-state index contributed by atoms with van der Waals surface area (Å²) in [5, 5.41) is 11.6. The van der Waals surface area contributed by atoms with Gasteiger partial charge < -0.3 is 4.74 Å². The van der Waals surface area contributed by atoms with E-state index in [0.717, 1.165) is 21.7 Å². The summed E-state index contributed by atoms with van der Waals surface area (Å²) in [4.78, 5) is 18.3. The number of fused-ring (bicyclic) bond motifs is 1. The lowest BCUT2D eigenvalue weighted by molar-refractivity contribution is 0.102. The smallest absolute Gasteiger partial charge is 0.279 e. The molecular formula is C18H15N5O2S. The van der Waals surface area contributed by atoms with Crippen LogP contribution in [0.5, 0.6) is 5.75 Å². The van der Waals surface area contributed by atoms with Gasteiger partial charge in [0.05, 0.1) is 28.7 Å². The maximum absolute atomic E-state index is 12.4. The van der Waals surface area contributed by atoms with E-state index < -0.39 is 0 Å². The molecule has 0 saturated heterocycles. The van der Waals surface area contributed by atoms with Crippen molar-refractivity contribution in [1.82, 2.24) is 20.0 Å². The van der Waals surface area contributed by atoms with Gasteiger partial charge in [-0.05, 0) is 37.3 Å². The second-order valence-electron chi connectivity index (χ2n) is 5.39. The van der Waals surface area contributed by atoms with E-state index in [-0.39, 0.29) is 11.6 Å². The molecule has 0 fully saturated rings. The molecule has 0 atom stereocenters. The van der Waals surface area contributed by atoms with Crippen LogP contribution in [0, 0.1) is 0 Å². The molecule has 130 valence electrons. The third-order valence-electron chi connectivity index (χ3n) is 3.60. The zero-order chi connectivity index (χ0) is 17.9. The number of hydrogen-bond donors (Lipinski definition) is 1. The molecule has 1 N–H and O–H groups in total. The Balaban J connectivity index is 1.53. The average Bonchev–Trinajstić information content (AvgIpc) is 3.29. The number of hydrogen-bond acceptors (Lipinski definition) is 6. The van der Waals surface area contributed by atoms with Crippen LogP contribution in [0.3, 0.4) is 0 Å². The minimum Gasteiger partial charge on any atom is -0.494 e. The van der Waals surface area contributed by atoms with E-state index in [9.17, 15) is 4.79 Å². The molecule has 4 rings (SSSR count). The molecule has 1 amide bonds. The molecular weight excluding hydrogens is 350 g/mol. The molecule has 0 radical (unpaired) electrons. The molecule has 0 aliphatic rings. The number of carbonyl (C=O) groups is 1. The SMILES string of the molecule is CCOc1ccc2nc(NC(=O)c3cnn(-c4ccccc4)n3)sc2c1. The van der Waals surface area contributed by atoms with Gasteiger partial charge in [0.25, 0.3) is 5.91 Å². The second kappa shape index (κ2) is 6.93. The Morgan fingerprint density at radius 2 is 2.08 bits per heavy atom. The first-order valence-electron chi connectivity index (χ1n) is 8.05. The van der Waals surface area contributed by atoms with Crippen molar-refractivity contribution in [3.63, 3.8) is 0 Å². The largest absolute Gasteiger partial charge is 0.494 e. The first-order valence-corrected chi connectivity index (χ1v) is 8.87. The molecule has 0 unspecified atom stereocenters. The van der Waals surface area contributed by atoms with Crippen LogP contribution >= 0.6 is 11.3 Å². The summed E-state index contributed by atoms with van der Waals surface area (Å²) >= 11 is 1.39. The number of thiazole rings is 1. The molecule has 0 bridgehead atoms. The molecule has 0 spiro atoms. The van der Waals surface area contributed by atoms with Gasteiger partial charge >= 0.3 is 0 Å². The number of benzene rings is 2. The van der Waals surface area contributed by atoms with Gasteiger partial charge in [-0.3, -0.25) is 10.1 Å². The first-order chi connectivity index (χ1) is 12.7. The summed E-state index contributed by atoms with van der Waals surface area (Å²) in [6.07, 6.45) is 1.43. The third kappa shape index (κ3) is 3.27. The number of nitrogens with one attached hydrogen (secondary N) is 1. The fourth-order valence-corrected chi connectivity index (χ4v) is 3.32. The van der Waals surface area contributed by atoms with Crippen molar-refractivity contribution < 1.29 is 9.53 Å². The maximum Gasteiger partial charge on any atom is 0.279 e. The van der Waals surface area contributed by atoms with Gasteiger partial charge in [-0.25, -0.2) is 4.98 Å². The van der Waals surface area contributed by atoms with E-state index in [1.807, 2.05) is 55.5 Å². The minimum absolute atomic E-state index is 0.225. The standard InChI is InChI=1S/C18H15N5O2S/c1-2-25-13-8-9-14-16(10-13)26-18(20-14)21-17(24)15-11-19-23(22-15)12-6-4-3-5-7-12/h3-11H,2H2,1H3,(H,20,21,24). The number of amides is 1. The van der Waals surface area contributed by atoms with E-state index >= 15 is 0 Å². The Morgan fingerprint density at radius 3 is 2.88 bits per heavy atom. The lowest BCUT2D eigenvalue weighted by Crippen LogP contribution is -2.13. The normalized spacial score (nSPS) is 10.8. The molecule has 0 saturated carbocycles. The number of aromatic nitrogens is 4. The highest BCUT2D eigenvalue weighted by Crippen LogP contribution is 2.29. The van der Waals surface area contributed by atoms with Crippen molar-refractivity contribution in [2.75, 3.05) is 11.9 Å². The number of para-hydroxylation sites is 1. The molecule has 26 heavy (non-hydrogen) atoms. The van der Waals surface area contributed by atoms with E-state index in [1.165, 1.54) is 22.3 Å². The van der Waals surface area contributed by atoms with Crippen LogP contribution in [0.15, 0.2) is 54.7 Å². The maximum atomic E-state index is 12.4. The van der Waals surface area contributed by atoms with Crippen molar-refractivity contribution in [1.29, 1.82) is 0 Å². The third-order valence-corrected chi connectivity index (χ3v) is 4.54. The van der Waals surface area contributed by atoms with Gasteiger partial charge in [-0.15, -0.1) is 5.10 Å². The highest BCUT2D eigenvalue weighted by atomic mass is 32.1. The van der Waals surface area contributed by atoms with Gasteiger partial charge in [0.15, 0.2) is 10.8 Å². The molecule has 0 aliphatic carbocycles. The van der Waals surface area contributed by atoms with Crippen LogP contribution < -0.4 is 10.1 Å². The van der Waals surface area contributed by atoms with Crippen LogP contribution in [0.25, 0.3) is 15.9 Å². The van der Waals surface area contributed by atoms with E-state index in [2.05, 4.69) is 20.5 Å².